The minimum absolute atomic E-state index is 0.0157. The van der Waals surface area contributed by atoms with Crippen LogP contribution in [0.2, 0.25) is 0 Å². The van der Waals surface area contributed by atoms with Crippen molar-refractivity contribution < 1.29 is 31.4 Å². The Hall–Kier alpha value is -3.01. The maximum atomic E-state index is 13.6. The first-order valence-corrected chi connectivity index (χ1v) is 12.6. The van der Waals surface area contributed by atoms with Crippen LogP contribution >= 0.6 is 0 Å². The van der Waals surface area contributed by atoms with E-state index in [1.54, 1.807) is 18.2 Å². The van der Waals surface area contributed by atoms with Crippen molar-refractivity contribution in [2.75, 3.05) is 26.3 Å². The van der Waals surface area contributed by atoms with E-state index < -0.39 is 17.6 Å². The number of hydrogen-bond donors (Lipinski definition) is 2. The van der Waals surface area contributed by atoms with Crippen LogP contribution < -0.4 is 15.4 Å². The lowest BCUT2D eigenvalue weighted by Gasteiger charge is -2.33. The van der Waals surface area contributed by atoms with Gasteiger partial charge in [-0.05, 0) is 54.4 Å². The van der Waals surface area contributed by atoms with Gasteiger partial charge in [-0.1, -0.05) is 36.4 Å². The summed E-state index contributed by atoms with van der Waals surface area (Å²) in [6.07, 6.45) is -3.14. The van der Waals surface area contributed by atoms with Crippen LogP contribution in [0.4, 0.5) is 22.0 Å². The Morgan fingerprint density at radius 1 is 0.921 bits per heavy atom. The molecule has 0 spiro atoms. The summed E-state index contributed by atoms with van der Waals surface area (Å²) in [4.78, 5) is 0. The summed E-state index contributed by atoms with van der Waals surface area (Å²) in [7, 11) is 0. The molecule has 0 aromatic heterocycles. The van der Waals surface area contributed by atoms with Crippen LogP contribution in [0, 0.1) is 11.6 Å². The van der Waals surface area contributed by atoms with Crippen molar-refractivity contribution in [1.82, 2.24) is 10.6 Å². The SMILES string of the molecule is Fc1ccc(CNC2CNCCC2c2ccc(OCCCOCc3ccccc3F)cc2)c(C(F)(F)F)c1. The zero-order valence-electron chi connectivity index (χ0n) is 20.9. The molecule has 3 aromatic carbocycles. The maximum absolute atomic E-state index is 13.6. The molecule has 3 aromatic rings. The number of hydrogen-bond acceptors (Lipinski definition) is 4. The molecular formula is C29H31F5N2O2. The first-order valence-electron chi connectivity index (χ1n) is 12.6. The zero-order chi connectivity index (χ0) is 27.0. The topological polar surface area (TPSA) is 42.5 Å². The van der Waals surface area contributed by atoms with Crippen molar-refractivity contribution in [2.24, 2.45) is 0 Å². The second-order valence-corrected chi connectivity index (χ2v) is 9.30. The fraction of sp³-hybridized carbons (Fsp3) is 0.379. The highest BCUT2D eigenvalue weighted by Crippen LogP contribution is 2.33. The molecule has 2 N–H and O–H groups in total. The van der Waals surface area contributed by atoms with Crippen LogP contribution in [0.1, 0.15) is 41.0 Å². The highest BCUT2D eigenvalue weighted by Gasteiger charge is 2.34. The van der Waals surface area contributed by atoms with Crippen LogP contribution in [0.3, 0.4) is 0 Å². The zero-order valence-corrected chi connectivity index (χ0v) is 20.9. The van der Waals surface area contributed by atoms with E-state index in [0.29, 0.717) is 43.6 Å². The maximum Gasteiger partial charge on any atom is 0.416 e. The van der Waals surface area contributed by atoms with E-state index >= 15 is 0 Å². The molecule has 1 fully saturated rings. The second kappa shape index (κ2) is 13.2. The van der Waals surface area contributed by atoms with Gasteiger partial charge in [-0.3, -0.25) is 0 Å². The first-order chi connectivity index (χ1) is 18.3. The highest BCUT2D eigenvalue weighted by molar-refractivity contribution is 5.32. The molecule has 4 rings (SSSR count). The van der Waals surface area contributed by atoms with E-state index in [9.17, 15) is 22.0 Å². The molecule has 9 heteroatoms. The summed E-state index contributed by atoms with van der Waals surface area (Å²) in [5.74, 6) is -0.374. The van der Waals surface area contributed by atoms with E-state index in [0.717, 1.165) is 24.6 Å². The molecule has 1 aliphatic rings. The fourth-order valence-corrected chi connectivity index (χ4v) is 4.64. The summed E-state index contributed by atoms with van der Waals surface area (Å²) in [5, 5.41) is 6.54. The molecular weight excluding hydrogens is 503 g/mol. The summed E-state index contributed by atoms with van der Waals surface area (Å²) in [6, 6.07) is 16.9. The number of nitrogens with one attached hydrogen (secondary N) is 2. The minimum atomic E-state index is -4.62. The quantitative estimate of drug-likeness (QED) is 0.227. The van der Waals surface area contributed by atoms with Gasteiger partial charge >= 0.3 is 6.18 Å². The first kappa shape index (κ1) is 28.0. The Morgan fingerprint density at radius 2 is 1.71 bits per heavy atom. The number of ether oxygens (including phenoxy) is 2. The van der Waals surface area contributed by atoms with E-state index in [1.165, 1.54) is 12.1 Å². The molecule has 1 aliphatic heterocycles. The van der Waals surface area contributed by atoms with Gasteiger partial charge in [0.15, 0.2) is 0 Å². The fourth-order valence-electron chi connectivity index (χ4n) is 4.64. The van der Waals surface area contributed by atoms with Crippen molar-refractivity contribution in [3.05, 3.63) is 101 Å². The van der Waals surface area contributed by atoms with Gasteiger partial charge in [0.1, 0.15) is 17.4 Å². The molecule has 0 radical (unpaired) electrons. The molecule has 0 amide bonds. The minimum Gasteiger partial charge on any atom is -0.494 e. The molecule has 38 heavy (non-hydrogen) atoms. The summed E-state index contributed by atoms with van der Waals surface area (Å²) >= 11 is 0. The van der Waals surface area contributed by atoms with E-state index in [2.05, 4.69) is 10.6 Å². The Labute approximate surface area is 219 Å². The molecule has 2 atom stereocenters. The Balaban J connectivity index is 1.26. The smallest absolute Gasteiger partial charge is 0.416 e. The normalized spacial score (nSPS) is 17.9. The predicted octanol–water partition coefficient (Wildman–Crippen LogP) is 6.20. The number of benzene rings is 3. The van der Waals surface area contributed by atoms with Gasteiger partial charge in [0.25, 0.3) is 0 Å². The number of piperidine rings is 1. The van der Waals surface area contributed by atoms with Crippen LogP contribution in [0.15, 0.2) is 66.7 Å². The third kappa shape index (κ3) is 7.75. The average Bonchev–Trinajstić information content (AvgIpc) is 2.91. The van der Waals surface area contributed by atoms with Crippen LogP contribution in [-0.2, 0) is 24.1 Å². The third-order valence-electron chi connectivity index (χ3n) is 6.64. The van der Waals surface area contributed by atoms with Gasteiger partial charge in [-0.15, -0.1) is 0 Å². The third-order valence-corrected chi connectivity index (χ3v) is 6.64. The number of halogens is 5. The lowest BCUT2D eigenvalue weighted by atomic mass is 9.86. The van der Waals surface area contributed by atoms with Crippen molar-refractivity contribution >= 4 is 0 Å². The van der Waals surface area contributed by atoms with Gasteiger partial charge in [-0.2, -0.15) is 13.2 Å². The van der Waals surface area contributed by atoms with E-state index in [4.69, 9.17) is 9.47 Å². The summed E-state index contributed by atoms with van der Waals surface area (Å²) in [6.45, 7) is 2.51. The molecule has 1 saturated heterocycles. The summed E-state index contributed by atoms with van der Waals surface area (Å²) in [5.41, 5.74) is 0.655. The molecule has 204 valence electrons. The lowest BCUT2D eigenvalue weighted by Crippen LogP contribution is -2.47. The average molecular weight is 535 g/mol. The Morgan fingerprint density at radius 3 is 2.47 bits per heavy atom. The summed E-state index contributed by atoms with van der Waals surface area (Å²) < 4.78 is 78.5. The van der Waals surface area contributed by atoms with Gasteiger partial charge < -0.3 is 20.1 Å². The standard InChI is InChI=1S/C29H31F5N2O2/c30-23-9-6-21(26(16-23)29(32,33)34)17-36-28-18-35-13-12-25(28)20-7-10-24(11-8-20)38-15-3-14-37-19-22-4-1-2-5-27(22)31/h1-2,4-11,16,25,28,35-36H,3,12-15,17-19H2. The second-order valence-electron chi connectivity index (χ2n) is 9.30. The van der Waals surface area contributed by atoms with Crippen LogP contribution in [0.5, 0.6) is 5.75 Å². The Kier molecular flexibility index (Phi) is 9.71. The van der Waals surface area contributed by atoms with Crippen molar-refractivity contribution in [1.29, 1.82) is 0 Å². The Bertz CT molecular complexity index is 1170. The highest BCUT2D eigenvalue weighted by atomic mass is 19.4. The molecule has 0 bridgehead atoms. The van der Waals surface area contributed by atoms with Crippen molar-refractivity contribution in [3.8, 4) is 5.75 Å². The number of alkyl halides is 3. The molecule has 4 nitrogen and oxygen atoms in total. The van der Waals surface area contributed by atoms with Gasteiger partial charge in [0.2, 0.25) is 0 Å². The molecule has 2 unspecified atom stereocenters. The lowest BCUT2D eigenvalue weighted by molar-refractivity contribution is -0.138. The molecule has 1 heterocycles. The van der Waals surface area contributed by atoms with Gasteiger partial charge in [0.05, 0.1) is 25.4 Å². The monoisotopic (exact) mass is 534 g/mol. The predicted molar refractivity (Wildman–Crippen MR) is 135 cm³/mol. The van der Waals surface area contributed by atoms with Crippen molar-refractivity contribution in [3.63, 3.8) is 0 Å². The van der Waals surface area contributed by atoms with Crippen LogP contribution in [-0.4, -0.2) is 32.3 Å². The van der Waals surface area contributed by atoms with Gasteiger partial charge in [0, 0.05) is 37.0 Å². The molecule has 0 saturated carbocycles. The van der Waals surface area contributed by atoms with E-state index in [-0.39, 0.29) is 36.5 Å². The molecule has 0 aliphatic carbocycles. The van der Waals surface area contributed by atoms with Gasteiger partial charge in [-0.25, -0.2) is 8.78 Å². The number of rotatable bonds is 11. The van der Waals surface area contributed by atoms with Crippen LogP contribution in [0.25, 0.3) is 0 Å². The van der Waals surface area contributed by atoms with E-state index in [1.807, 2.05) is 24.3 Å². The largest absolute Gasteiger partial charge is 0.494 e. The van der Waals surface area contributed by atoms with Crippen molar-refractivity contribution in [2.45, 2.75) is 44.1 Å².